The van der Waals surface area contributed by atoms with Gasteiger partial charge in [0.15, 0.2) is 11.5 Å². The standard InChI is InChI=1S/C26H23F2N3O5/c27-19-5-1-17(2-6-19)25(18-3-7-20(28)8-4-18)29-9-11-30(12-10-29)26(32)21-15-23-24(36-14-13-35-23)16-22(21)31(33)34/h1-8,15-16,25H,9-14H2. The molecule has 0 aromatic heterocycles. The Morgan fingerprint density at radius 2 is 1.33 bits per heavy atom. The van der Waals surface area contributed by atoms with Crippen LogP contribution in [0.15, 0.2) is 60.7 Å². The minimum absolute atomic E-state index is 0.0497. The Morgan fingerprint density at radius 1 is 0.833 bits per heavy atom. The molecule has 0 aliphatic carbocycles. The third kappa shape index (κ3) is 4.72. The van der Waals surface area contributed by atoms with Crippen molar-refractivity contribution >= 4 is 11.6 Å². The van der Waals surface area contributed by atoms with E-state index >= 15 is 0 Å². The summed E-state index contributed by atoms with van der Waals surface area (Å²) in [5.74, 6) is -0.614. The fraction of sp³-hybridized carbons (Fsp3) is 0.269. The molecule has 5 rings (SSSR count). The summed E-state index contributed by atoms with van der Waals surface area (Å²) in [5.41, 5.74) is 1.30. The smallest absolute Gasteiger partial charge is 0.286 e. The molecule has 0 bridgehead atoms. The van der Waals surface area contributed by atoms with Crippen LogP contribution in [0.25, 0.3) is 0 Å². The van der Waals surface area contributed by atoms with Crippen molar-refractivity contribution in [2.45, 2.75) is 6.04 Å². The number of nitro groups is 1. The van der Waals surface area contributed by atoms with Crippen LogP contribution < -0.4 is 9.47 Å². The zero-order valence-corrected chi connectivity index (χ0v) is 19.2. The highest BCUT2D eigenvalue weighted by Crippen LogP contribution is 2.37. The molecule has 2 aliphatic rings. The van der Waals surface area contributed by atoms with E-state index in [-0.39, 0.29) is 41.3 Å². The van der Waals surface area contributed by atoms with Crippen LogP contribution in [0.4, 0.5) is 14.5 Å². The maximum atomic E-state index is 13.6. The first kappa shape index (κ1) is 23.7. The topological polar surface area (TPSA) is 85.1 Å². The molecule has 1 saturated heterocycles. The first-order valence-electron chi connectivity index (χ1n) is 11.5. The number of ether oxygens (including phenoxy) is 2. The van der Waals surface area contributed by atoms with Gasteiger partial charge in [0.2, 0.25) is 0 Å². The maximum absolute atomic E-state index is 13.6. The van der Waals surface area contributed by atoms with E-state index in [9.17, 15) is 23.7 Å². The fourth-order valence-electron chi connectivity index (χ4n) is 4.66. The Balaban J connectivity index is 1.38. The molecule has 0 N–H and O–H groups in total. The van der Waals surface area contributed by atoms with Gasteiger partial charge < -0.3 is 14.4 Å². The van der Waals surface area contributed by atoms with Crippen molar-refractivity contribution in [3.05, 3.63) is 99.1 Å². The van der Waals surface area contributed by atoms with Crippen LogP contribution in [0.3, 0.4) is 0 Å². The van der Waals surface area contributed by atoms with Crippen LogP contribution in [0.5, 0.6) is 11.5 Å². The zero-order valence-electron chi connectivity index (χ0n) is 19.2. The number of halogens is 2. The largest absolute Gasteiger partial charge is 0.486 e. The summed E-state index contributed by atoms with van der Waals surface area (Å²) in [6, 6.07) is 14.6. The van der Waals surface area contributed by atoms with Gasteiger partial charge in [-0.15, -0.1) is 0 Å². The number of carbonyl (C=O) groups excluding carboxylic acids is 1. The van der Waals surface area contributed by atoms with Crippen molar-refractivity contribution in [3.8, 4) is 11.5 Å². The summed E-state index contributed by atoms with van der Waals surface area (Å²) >= 11 is 0. The zero-order chi connectivity index (χ0) is 25.2. The van der Waals surface area contributed by atoms with Crippen LogP contribution in [0, 0.1) is 21.7 Å². The first-order chi connectivity index (χ1) is 17.4. The number of rotatable bonds is 5. The van der Waals surface area contributed by atoms with E-state index in [0.717, 1.165) is 11.1 Å². The van der Waals surface area contributed by atoms with Crippen molar-refractivity contribution in [2.24, 2.45) is 0 Å². The van der Waals surface area contributed by atoms with Crippen LogP contribution in [0.2, 0.25) is 0 Å². The van der Waals surface area contributed by atoms with E-state index < -0.39 is 10.8 Å². The molecule has 36 heavy (non-hydrogen) atoms. The SMILES string of the molecule is O=C(c1cc2c(cc1[N+](=O)[O-])OCCO2)N1CCN(C(c2ccc(F)cc2)c2ccc(F)cc2)CC1. The number of nitrogens with zero attached hydrogens (tertiary/aromatic N) is 3. The van der Waals surface area contributed by atoms with Gasteiger partial charge in [-0.25, -0.2) is 8.78 Å². The van der Waals surface area contributed by atoms with Crippen molar-refractivity contribution in [1.82, 2.24) is 9.80 Å². The molecule has 2 heterocycles. The summed E-state index contributed by atoms with van der Waals surface area (Å²) in [4.78, 5) is 28.1. The van der Waals surface area contributed by atoms with Crippen molar-refractivity contribution in [1.29, 1.82) is 0 Å². The van der Waals surface area contributed by atoms with E-state index in [1.165, 1.54) is 36.4 Å². The van der Waals surface area contributed by atoms with Gasteiger partial charge in [-0.05, 0) is 35.4 Å². The Kier molecular flexibility index (Phi) is 6.51. The third-order valence-electron chi connectivity index (χ3n) is 6.43. The van der Waals surface area contributed by atoms with Crippen LogP contribution in [0.1, 0.15) is 27.5 Å². The fourth-order valence-corrected chi connectivity index (χ4v) is 4.66. The molecule has 8 nitrogen and oxygen atoms in total. The quantitative estimate of drug-likeness (QED) is 0.390. The Morgan fingerprint density at radius 3 is 1.83 bits per heavy atom. The Hall–Kier alpha value is -4.05. The highest BCUT2D eigenvalue weighted by Gasteiger charge is 2.33. The van der Waals surface area contributed by atoms with Crippen LogP contribution in [-0.4, -0.2) is 60.0 Å². The van der Waals surface area contributed by atoms with Gasteiger partial charge >= 0.3 is 0 Å². The van der Waals surface area contributed by atoms with Gasteiger partial charge in [-0.1, -0.05) is 24.3 Å². The van der Waals surface area contributed by atoms with Gasteiger partial charge in [0.25, 0.3) is 11.6 Å². The number of fused-ring (bicyclic) bond motifs is 1. The second-order valence-electron chi connectivity index (χ2n) is 8.60. The van der Waals surface area contributed by atoms with Crippen molar-refractivity contribution in [2.75, 3.05) is 39.4 Å². The third-order valence-corrected chi connectivity index (χ3v) is 6.43. The van der Waals surface area contributed by atoms with Gasteiger partial charge in [0, 0.05) is 32.2 Å². The molecular formula is C26H23F2N3O5. The lowest BCUT2D eigenvalue weighted by molar-refractivity contribution is -0.385. The monoisotopic (exact) mass is 495 g/mol. The number of nitro benzene ring substituents is 1. The summed E-state index contributed by atoms with van der Waals surface area (Å²) in [5, 5.41) is 11.7. The van der Waals surface area contributed by atoms with Crippen LogP contribution in [-0.2, 0) is 0 Å². The maximum Gasteiger partial charge on any atom is 0.286 e. The molecule has 1 fully saturated rings. The number of piperazine rings is 1. The normalized spacial score (nSPS) is 15.7. The van der Waals surface area contributed by atoms with Crippen LogP contribution >= 0.6 is 0 Å². The van der Waals surface area contributed by atoms with Crippen molar-refractivity contribution < 1.29 is 28.0 Å². The number of carbonyl (C=O) groups is 1. The molecule has 10 heteroatoms. The number of amides is 1. The predicted molar refractivity (Wildman–Crippen MR) is 126 cm³/mol. The molecular weight excluding hydrogens is 472 g/mol. The highest BCUT2D eigenvalue weighted by atomic mass is 19.1. The molecule has 0 atom stereocenters. The summed E-state index contributed by atoms with van der Waals surface area (Å²) in [7, 11) is 0. The summed E-state index contributed by atoms with van der Waals surface area (Å²) < 4.78 is 38.1. The minimum atomic E-state index is -0.596. The molecule has 0 spiro atoms. The molecule has 3 aromatic carbocycles. The van der Waals surface area contributed by atoms with Gasteiger partial charge in [-0.3, -0.25) is 19.8 Å². The second kappa shape index (κ2) is 9.90. The average Bonchev–Trinajstić information content (AvgIpc) is 2.90. The Labute approximate surface area is 205 Å². The lowest BCUT2D eigenvalue weighted by Gasteiger charge is -2.39. The van der Waals surface area contributed by atoms with E-state index in [2.05, 4.69) is 4.90 Å². The van der Waals surface area contributed by atoms with E-state index in [4.69, 9.17) is 9.47 Å². The number of hydrogen-bond donors (Lipinski definition) is 0. The van der Waals surface area contributed by atoms with E-state index in [1.807, 2.05) is 0 Å². The minimum Gasteiger partial charge on any atom is -0.486 e. The molecule has 186 valence electrons. The molecule has 0 saturated carbocycles. The average molecular weight is 495 g/mol. The second-order valence-corrected chi connectivity index (χ2v) is 8.60. The van der Waals surface area contributed by atoms with Gasteiger partial charge in [-0.2, -0.15) is 0 Å². The summed E-state index contributed by atoms with van der Waals surface area (Å²) in [6.45, 7) is 2.15. The number of benzene rings is 3. The van der Waals surface area contributed by atoms with Crippen molar-refractivity contribution in [3.63, 3.8) is 0 Å². The molecule has 2 aliphatic heterocycles. The lowest BCUT2D eigenvalue weighted by Crippen LogP contribution is -2.50. The molecule has 1 amide bonds. The van der Waals surface area contributed by atoms with Gasteiger partial charge in [0.1, 0.15) is 30.4 Å². The van der Waals surface area contributed by atoms with E-state index in [1.54, 1.807) is 29.2 Å². The molecule has 0 radical (unpaired) electrons. The number of hydrogen-bond acceptors (Lipinski definition) is 6. The van der Waals surface area contributed by atoms with E-state index in [0.29, 0.717) is 38.5 Å². The first-order valence-corrected chi connectivity index (χ1v) is 11.5. The molecule has 3 aromatic rings. The summed E-state index contributed by atoms with van der Waals surface area (Å²) in [6.07, 6.45) is 0. The predicted octanol–water partition coefficient (Wildman–Crippen LogP) is 4.19. The Bertz CT molecular complexity index is 1230. The highest BCUT2D eigenvalue weighted by molar-refractivity contribution is 5.99. The molecule has 0 unspecified atom stereocenters. The lowest BCUT2D eigenvalue weighted by atomic mass is 9.96. The van der Waals surface area contributed by atoms with Gasteiger partial charge in [0.05, 0.1) is 17.0 Å².